The van der Waals surface area contributed by atoms with Crippen molar-refractivity contribution in [2.24, 2.45) is 0 Å². The van der Waals surface area contributed by atoms with Crippen molar-refractivity contribution in [2.45, 2.75) is 13.5 Å². The maximum atomic E-state index is 13.4. The first-order valence-electron chi connectivity index (χ1n) is 5.34. The van der Waals surface area contributed by atoms with Crippen molar-refractivity contribution < 1.29 is 9.18 Å². The van der Waals surface area contributed by atoms with Crippen LogP contribution in [0, 0.1) is 12.9 Å². The lowest BCUT2D eigenvalue weighted by molar-refractivity contribution is 0.0780. The van der Waals surface area contributed by atoms with Crippen molar-refractivity contribution in [3.63, 3.8) is 0 Å². The molecule has 0 unspecified atom stereocenters. The first-order valence-corrected chi connectivity index (χ1v) is 6.22. The lowest BCUT2D eigenvalue weighted by Gasteiger charge is -2.16. The van der Waals surface area contributed by atoms with Gasteiger partial charge in [-0.05, 0) is 19.1 Å². The second kappa shape index (κ2) is 5.22. The summed E-state index contributed by atoms with van der Waals surface area (Å²) in [5, 5.41) is 0. The van der Waals surface area contributed by atoms with Gasteiger partial charge in [-0.2, -0.15) is 4.39 Å². The van der Waals surface area contributed by atoms with Gasteiger partial charge in [0.2, 0.25) is 5.95 Å². The van der Waals surface area contributed by atoms with E-state index in [0.717, 1.165) is 10.6 Å². The van der Waals surface area contributed by atoms with E-state index in [4.69, 9.17) is 0 Å². The summed E-state index contributed by atoms with van der Waals surface area (Å²) in [4.78, 5) is 22.1. The number of carbonyl (C=O) groups is 1. The van der Waals surface area contributed by atoms with Crippen LogP contribution >= 0.6 is 11.3 Å². The lowest BCUT2D eigenvalue weighted by Crippen LogP contribution is -2.27. The standard InChI is InChI=1S/C12H12FN3OS/c1-8-10(18-7-15-8)6-16(2)12(17)9-4-3-5-14-11(9)13/h3-5,7H,6H2,1-2H3. The minimum absolute atomic E-state index is 0.0119. The van der Waals surface area contributed by atoms with Crippen LogP contribution in [0.1, 0.15) is 20.9 Å². The lowest BCUT2D eigenvalue weighted by atomic mass is 10.2. The van der Waals surface area contributed by atoms with E-state index < -0.39 is 5.95 Å². The number of aryl methyl sites for hydroxylation is 1. The van der Waals surface area contributed by atoms with E-state index in [0.29, 0.717) is 6.54 Å². The Labute approximate surface area is 108 Å². The van der Waals surface area contributed by atoms with Crippen LogP contribution in [-0.2, 0) is 6.54 Å². The predicted molar refractivity (Wildman–Crippen MR) is 66.8 cm³/mol. The maximum absolute atomic E-state index is 13.4. The Bertz CT molecular complexity index is 570. The summed E-state index contributed by atoms with van der Waals surface area (Å²) < 4.78 is 13.4. The van der Waals surface area contributed by atoms with Crippen LogP contribution in [0.3, 0.4) is 0 Å². The van der Waals surface area contributed by atoms with E-state index in [1.807, 2.05) is 6.92 Å². The highest BCUT2D eigenvalue weighted by atomic mass is 32.1. The van der Waals surface area contributed by atoms with Crippen LogP contribution in [0.25, 0.3) is 0 Å². The zero-order valence-corrected chi connectivity index (χ0v) is 10.9. The van der Waals surface area contributed by atoms with Crippen molar-refractivity contribution >= 4 is 17.2 Å². The second-order valence-corrected chi connectivity index (χ2v) is 4.80. The number of hydrogen-bond donors (Lipinski definition) is 0. The highest BCUT2D eigenvalue weighted by molar-refractivity contribution is 7.09. The van der Waals surface area contributed by atoms with Gasteiger partial charge in [-0.1, -0.05) is 0 Å². The van der Waals surface area contributed by atoms with E-state index in [1.165, 1.54) is 28.5 Å². The molecule has 0 aliphatic rings. The zero-order chi connectivity index (χ0) is 13.1. The Morgan fingerprint density at radius 3 is 2.89 bits per heavy atom. The Morgan fingerprint density at radius 1 is 1.50 bits per heavy atom. The summed E-state index contributed by atoms with van der Waals surface area (Å²) >= 11 is 1.48. The molecule has 0 radical (unpaired) electrons. The molecule has 0 N–H and O–H groups in total. The van der Waals surface area contributed by atoms with Crippen molar-refractivity contribution in [2.75, 3.05) is 7.05 Å². The molecule has 0 aromatic carbocycles. The monoisotopic (exact) mass is 265 g/mol. The molecule has 0 bridgehead atoms. The molecule has 1 amide bonds. The summed E-state index contributed by atoms with van der Waals surface area (Å²) in [5.74, 6) is -1.12. The van der Waals surface area contributed by atoms with Gasteiger partial charge in [0.1, 0.15) is 0 Å². The molecule has 0 spiro atoms. The topological polar surface area (TPSA) is 46.1 Å². The number of thiazole rings is 1. The molecule has 18 heavy (non-hydrogen) atoms. The van der Waals surface area contributed by atoms with E-state index in [1.54, 1.807) is 18.6 Å². The van der Waals surface area contributed by atoms with E-state index in [-0.39, 0.29) is 11.5 Å². The highest BCUT2D eigenvalue weighted by Crippen LogP contribution is 2.16. The number of halogens is 1. The number of amides is 1. The average molecular weight is 265 g/mol. The molecular formula is C12H12FN3OS. The summed E-state index contributed by atoms with van der Waals surface area (Å²) in [5.41, 5.74) is 2.61. The van der Waals surface area contributed by atoms with Crippen LogP contribution in [0.4, 0.5) is 4.39 Å². The van der Waals surface area contributed by atoms with Crippen molar-refractivity contribution in [3.05, 3.63) is 45.9 Å². The molecule has 0 saturated heterocycles. The minimum Gasteiger partial charge on any atom is -0.336 e. The Balaban J connectivity index is 2.15. The summed E-state index contributed by atoms with van der Waals surface area (Å²) in [6.45, 7) is 2.30. The zero-order valence-electron chi connectivity index (χ0n) is 10.1. The molecule has 2 aromatic heterocycles. The van der Waals surface area contributed by atoms with Gasteiger partial charge < -0.3 is 4.90 Å². The van der Waals surface area contributed by atoms with Gasteiger partial charge >= 0.3 is 0 Å². The summed E-state index contributed by atoms with van der Waals surface area (Å²) in [7, 11) is 1.63. The second-order valence-electron chi connectivity index (χ2n) is 3.86. The number of rotatable bonds is 3. The van der Waals surface area contributed by atoms with Crippen LogP contribution in [0.2, 0.25) is 0 Å². The normalized spacial score (nSPS) is 10.4. The molecule has 0 aliphatic carbocycles. The van der Waals surface area contributed by atoms with Gasteiger partial charge in [-0.25, -0.2) is 9.97 Å². The number of nitrogens with zero attached hydrogens (tertiary/aromatic N) is 3. The third kappa shape index (κ3) is 2.53. The Hall–Kier alpha value is -1.82. The molecule has 2 aromatic rings. The molecule has 2 heterocycles. The number of hydrogen-bond acceptors (Lipinski definition) is 4. The maximum Gasteiger partial charge on any atom is 0.258 e. The third-order valence-electron chi connectivity index (χ3n) is 2.56. The van der Waals surface area contributed by atoms with E-state index in [9.17, 15) is 9.18 Å². The fraction of sp³-hybridized carbons (Fsp3) is 0.250. The molecular weight excluding hydrogens is 253 g/mol. The quantitative estimate of drug-likeness (QED) is 0.800. The fourth-order valence-electron chi connectivity index (χ4n) is 1.52. The van der Waals surface area contributed by atoms with Crippen LogP contribution in [0.5, 0.6) is 0 Å². The van der Waals surface area contributed by atoms with Gasteiger partial charge in [0.15, 0.2) is 0 Å². The SMILES string of the molecule is Cc1ncsc1CN(C)C(=O)c1cccnc1F. The third-order valence-corrected chi connectivity index (χ3v) is 3.48. The Kier molecular flexibility index (Phi) is 3.66. The molecule has 4 nitrogen and oxygen atoms in total. The van der Waals surface area contributed by atoms with Crippen LogP contribution in [-0.4, -0.2) is 27.8 Å². The van der Waals surface area contributed by atoms with E-state index in [2.05, 4.69) is 9.97 Å². The molecule has 0 fully saturated rings. The average Bonchev–Trinajstić information content (AvgIpc) is 2.75. The van der Waals surface area contributed by atoms with Gasteiger partial charge in [-0.15, -0.1) is 11.3 Å². The van der Waals surface area contributed by atoms with Gasteiger partial charge in [-0.3, -0.25) is 4.79 Å². The first kappa shape index (κ1) is 12.6. The van der Waals surface area contributed by atoms with Gasteiger partial charge in [0.25, 0.3) is 5.91 Å². The van der Waals surface area contributed by atoms with Crippen LogP contribution < -0.4 is 0 Å². The molecule has 94 valence electrons. The van der Waals surface area contributed by atoms with Gasteiger partial charge in [0.05, 0.1) is 23.3 Å². The fourth-order valence-corrected chi connectivity index (χ4v) is 2.35. The predicted octanol–water partition coefficient (Wildman–Crippen LogP) is 2.26. The summed E-state index contributed by atoms with van der Waals surface area (Å²) in [6.07, 6.45) is 1.32. The van der Waals surface area contributed by atoms with Crippen molar-refractivity contribution in [1.29, 1.82) is 0 Å². The smallest absolute Gasteiger partial charge is 0.258 e. The summed E-state index contributed by atoms with van der Waals surface area (Å²) in [6, 6.07) is 2.97. The van der Waals surface area contributed by atoms with Crippen LogP contribution in [0.15, 0.2) is 23.8 Å². The number of aromatic nitrogens is 2. The van der Waals surface area contributed by atoms with E-state index >= 15 is 0 Å². The molecule has 6 heteroatoms. The van der Waals surface area contributed by atoms with Crippen molar-refractivity contribution in [3.8, 4) is 0 Å². The first-order chi connectivity index (χ1) is 8.59. The Morgan fingerprint density at radius 2 is 2.28 bits per heavy atom. The number of pyridine rings is 1. The largest absolute Gasteiger partial charge is 0.336 e. The molecule has 0 aliphatic heterocycles. The molecule has 0 atom stereocenters. The van der Waals surface area contributed by atoms with Crippen molar-refractivity contribution in [1.82, 2.24) is 14.9 Å². The highest BCUT2D eigenvalue weighted by Gasteiger charge is 2.17. The minimum atomic E-state index is -0.740. The number of carbonyl (C=O) groups excluding carboxylic acids is 1. The van der Waals surface area contributed by atoms with Gasteiger partial charge in [0, 0.05) is 18.1 Å². The molecule has 0 saturated carbocycles. The molecule has 2 rings (SSSR count).